The summed E-state index contributed by atoms with van der Waals surface area (Å²) in [4.78, 5) is 12.7. The smallest absolute Gasteiger partial charge is 0.264 e. The predicted molar refractivity (Wildman–Crippen MR) is 117 cm³/mol. The SMILES string of the molecule is CC(C)c1ccc(N(CC(=O)Nc2ccc(F)cc2)S(=O)(=O)c2ccccc2)cc1. The summed E-state index contributed by atoms with van der Waals surface area (Å²) in [6.07, 6.45) is 0. The quantitative estimate of drug-likeness (QED) is 0.591. The van der Waals surface area contributed by atoms with Crippen molar-refractivity contribution in [3.8, 4) is 0 Å². The topological polar surface area (TPSA) is 66.5 Å². The number of benzene rings is 3. The van der Waals surface area contributed by atoms with Gasteiger partial charge < -0.3 is 5.32 Å². The van der Waals surface area contributed by atoms with Crippen LogP contribution in [0.5, 0.6) is 0 Å². The van der Waals surface area contributed by atoms with Crippen LogP contribution in [-0.4, -0.2) is 20.9 Å². The lowest BCUT2D eigenvalue weighted by molar-refractivity contribution is -0.114. The molecular formula is C23H23FN2O3S. The molecule has 0 atom stereocenters. The highest BCUT2D eigenvalue weighted by atomic mass is 32.2. The first-order chi connectivity index (χ1) is 14.3. The Hall–Kier alpha value is -3.19. The van der Waals surface area contributed by atoms with Gasteiger partial charge in [-0.05, 0) is 60.0 Å². The highest BCUT2D eigenvalue weighted by Gasteiger charge is 2.27. The zero-order valence-electron chi connectivity index (χ0n) is 16.7. The van der Waals surface area contributed by atoms with Crippen molar-refractivity contribution in [2.24, 2.45) is 0 Å². The van der Waals surface area contributed by atoms with Crippen LogP contribution in [0.2, 0.25) is 0 Å². The monoisotopic (exact) mass is 426 g/mol. The number of carbonyl (C=O) groups excluding carboxylic acids is 1. The lowest BCUT2D eigenvalue weighted by atomic mass is 10.0. The van der Waals surface area contributed by atoms with Crippen LogP contribution in [0, 0.1) is 5.82 Å². The van der Waals surface area contributed by atoms with E-state index in [2.05, 4.69) is 5.32 Å². The van der Waals surface area contributed by atoms with E-state index in [1.54, 1.807) is 30.3 Å². The molecule has 1 amide bonds. The minimum Gasteiger partial charge on any atom is -0.325 e. The van der Waals surface area contributed by atoms with Crippen molar-refractivity contribution in [2.45, 2.75) is 24.7 Å². The molecule has 0 saturated heterocycles. The molecule has 7 heteroatoms. The van der Waals surface area contributed by atoms with Gasteiger partial charge in [-0.25, -0.2) is 12.8 Å². The molecule has 0 aliphatic heterocycles. The Morgan fingerprint density at radius 3 is 2.10 bits per heavy atom. The molecule has 0 spiro atoms. The number of rotatable bonds is 7. The fourth-order valence-electron chi connectivity index (χ4n) is 2.92. The second-order valence-electron chi connectivity index (χ2n) is 7.13. The van der Waals surface area contributed by atoms with Gasteiger partial charge in [-0.3, -0.25) is 9.10 Å². The van der Waals surface area contributed by atoms with Crippen molar-refractivity contribution in [3.05, 3.63) is 90.2 Å². The first kappa shape index (κ1) is 21.5. The van der Waals surface area contributed by atoms with E-state index < -0.39 is 28.3 Å². The second kappa shape index (κ2) is 9.09. The third-order valence-electron chi connectivity index (χ3n) is 4.59. The number of anilines is 2. The normalized spacial score (nSPS) is 11.3. The third kappa shape index (κ3) is 5.04. The Morgan fingerprint density at radius 1 is 0.933 bits per heavy atom. The maximum atomic E-state index is 13.3. The number of sulfonamides is 1. The molecular weight excluding hydrogens is 403 g/mol. The second-order valence-corrected chi connectivity index (χ2v) is 8.99. The summed E-state index contributed by atoms with van der Waals surface area (Å²) in [5, 5.41) is 2.61. The molecule has 5 nitrogen and oxygen atoms in total. The molecule has 0 heterocycles. The molecule has 0 aromatic heterocycles. The minimum absolute atomic E-state index is 0.0903. The maximum absolute atomic E-state index is 13.3. The van der Waals surface area contributed by atoms with E-state index in [1.807, 2.05) is 26.0 Å². The van der Waals surface area contributed by atoms with Gasteiger partial charge in [0.15, 0.2) is 0 Å². The molecule has 0 unspecified atom stereocenters. The van der Waals surface area contributed by atoms with E-state index in [0.29, 0.717) is 17.3 Å². The first-order valence-electron chi connectivity index (χ1n) is 9.50. The number of hydrogen-bond donors (Lipinski definition) is 1. The fraction of sp³-hybridized carbons (Fsp3) is 0.174. The van der Waals surface area contributed by atoms with Gasteiger partial charge in [0.2, 0.25) is 5.91 Å². The van der Waals surface area contributed by atoms with Crippen molar-refractivity contribution in [3.63, 3.8) is 0 Å². The van der Waals surface area contributed by atoms with Crippen LogP contribution in [0.25, 0.3) is 0 Å². The van der Waals surface area contributed by atoms with E-state index in [0.717, 1.165) is 9.87 Å². The summed E-state index contributed by atoms with van der Waals surface area (Å²) in [6, 6.07) is 20.3. The summed E-state index contributed by atoms with van der Waals surface area (Å²) in [7, 11) is -3.97. The van der Waals surface area contributed by atoms with Crippen LogP contribution in [0.15, 0.2) is 83.8 Å². The average molecular weight is 427 g/mol. The summed E-state index contributed by atoms with van der Waals surface area (Å²) in [5.41, 5.74) is 1.83. The summed E-state index contributed by atoms with van der Waals surface area (Å²) in [6.45, 7) is 3.67. The van der Waals surface area contributed by atoms with Crippen LogP contribution in [-0.2, 0) is 14.8 Å². The fourth-order valence-corrected chi connectivity index (χ4v) is 4.37. The van der Waals surface area contributed by atoms with Gasteiger partial charge >= 0.3 is 0 Å². The maximum Gasteiger partial charge on any atom is 0.264 e. The van der Waals surface area contributed by atoms with Gasteiger partial charge in [0.25, 0.3) is 10.0 Å². The molecule has 1 N–H and O–H groups in total. The van der Waals surface area contributed by atoms with E-state index in [9.17, 15) is 17.6 Å². The average Bonchev–Trinajstić information content (AvgIpc) is 2.74. The number of nitrogens with one attached hydrogen (secondary N) is 1. The van der Waals surface area contributed by atoms with Crippen molar-refractivity contribution in [1.82, 2.24) is 0 Å². The van der Waals surface area contributed by atoms with E-state index in [-0.39, 0.29) is 4.90 Å². The Balaban J connectivity index is 1.92. The van der Waals surface area contributed by atoms with E-state index >= 15 is 0 Å². The van der Waals surface area contributed by atoms with Gasteiger partial charge in [0, 0.05) is 5.69 Å². The van der Waals surface area contributed by atoms with Crippen LogP contribution >= 0.6 is 0 Å². The van der Waals surface area contributed by atoms with Gasteiger partial charge in [-0.15, -0.1) is 0 Å². The van der Waals surface area contributed by atoms with Crippen molar-refractivity contribution in [1.29, 1.82) is 0 Å². The van der Waals surface area contributed by atoms with E-state index in [4.69, 9.17) is 0 Å². The van der Waals surface area contributed by atoms with Crippen LogP contribution in [0.3, 0.4) is 0 Å². The van der Waals surface area contributed by atoms with E-state index in [1.165, 1.54) is 36.4 Å². The number of halogens is 1. The number of nitrogens with zero attached hydrogens (tertiary/aromatic N) is 1. The zero-order chi connectivity index (χ0) is 21.7. The Kier molecular flexibility index (Phi) is 6.52. The molecule has 3 rings (SSSR count). The largest absolute Gasteiger partial charge is 0.325 e. The summed E-state index contributed by atoms with van der Waals surface area (Å²) < 4.78 is 40.7. The first-order valence-corrected chi connectivity index (χ1v) is 10.9. The van der Waals surface area contributed by atoms with Crippen LogP contribution in [0.1, 0.15) is 25.3 Å². The molecule has 30 heavy (non-hydrogen) atoms. The molecule has 156 valence electrons. The van der Waals surface area contributed by atoms with Crippen molar-refractivity contribution < 1.29 is 17.6 Å². The molecule has 3 aromatic rings. The standard InChI is InChI=1S/C23H23FN2O3S/c1-17(2)18-8-14-21(15-9-18)26(30(28,29)22-6-4-3-5-7-22)16-23(27)25-20-12-10-19(24)11-13-20/h3-15,17H,16H2,1-2H3,(H,25,27). The molecule has 0 bridgehead atoms. The van der Waals surface area contributed by atoms with Crippen molar-refractivity contribution in [2.75, 3.05) is 16.2 Å². The molecule has 0 radical (unpaired) electrons. The Labute approximate surface area is 176 Å². The van der Waals surface area contributed by atoms with Crippen LogP contribution in [0.4, 0.5) is 15.8 Å². The van der Waals surface area contributed by atoms with Gasteiger partial charge in [-0.1, -0.05) is 44.2 Å². The highest BCUT2D eigenvalue weighted by Crippen LogP contribution is 2.26. The number of hydrogen-bond acceptors (Lipinski definition) is 3. The number of amides is 1. The minimum atomic E-state index is -3.97. The molecule has 0 fully saturated rings. The Bertz CT molecular complexity index is 1100. The van der Waals surface area contributed by atoms with Crippen molar-refractivity contribution >= 4 is 27.3 Å². The van der Waals surface area contributed by atoms with Gasteiger partial charge in [0.05, 0.1) is 10.6 Å². The van der Waals surface area contributed by atoms with Gasteiger partial charge in [-0.2, -0.15) is 0 Å². The number of carbonyl (C=O) groups is 1. The molecule has 3 aromatic carbocycles. The lowest BCUT2D eigenvalue weighted by Crippen LogP contribution is -2.38. The molecule has 0 aliphatic rings. The Morgan fingerprint density at radius 2 is 1.53 bits per heavy atom. The lowest BCUT2D eigenvalue weighted by Gasteiger charge is -2.24. The van der Waals surface area contributed by atoms with Crippen LogP contribution < -0.4 is 9.62 Å². The summed E-state index contributed by atoms with van der Waals surface area (Å²) >= 11 is 0. The zero-order valence-corrected chi connectivity index (χ0v) is 17.6. The predicted octanol–water partition coefficient (Wildman–Crippen LogP) is 4.78. The molecule has 0 saturated carbocycles. The summed E-state index contributed by atoms with van der Waals surface area (Å²) in [5.74, 6) is -0.666. The molecule has 0 aliphatic carbocycles. The van der Waals surface area contributed by atoms with Gasteiger partial charge in [0.1, 0.15) is 12.4 Å². The third-order valence-corrected chi connectivity index (χ3v) is 6.38. The highest BCUT2D eigenvalue weighted by molar-refractivity contribution is 7.92.